The summed E-state index contributed by atoms with van der Waals surface area (Å²) in [6.07, 6.45) is 2.05. The zero-order valence-corrected chi connectivity index (χ0v) is 13.1. The average molecular weight is 337 g/mol. The standard InChI is InChI=1S/C15H17BrN2O2/c1-8-7-11(5-6-12(8)16)18-9(2)14(19)17-13(15(18)20)10-3-4-10/h5-7,9-10,13H,3-4H2,1-2H3,(H,17,19). The van der Waals surface area contributed by atoms with Gasteiger partial charge in [-0.1, -0.05) is 15.9 Å². The van der Waals surface area contributed by atoms with E-state index in [1.807, 2.05) is 25.1 Å². The molecule has 3 rings (SSSR count). The van der Waals surface area contributed by atoms with E-state index in [9.17, 15) is 9.59 Å². The number of aryl methyl sites for hydroxylation is 1. The highest BCUT2D eigenvalue weighted by atomic mass is 79.9. The Balaban J connectivity index is 1.97. The van der Waals surface area contributed by atoms with E-state index in [2.05, 4.69) is 21.2 Å². The maximum Gasteiger partial charge on any atom is 0.250 e. The van der Waals surface area contributed by atoms with Gasteiger partial charge in [-0.15, -0.1) is 0 Å². The van der Waals surface area contributed by atoms with Crippen LogP contribution < -0.4 is 10.2 Å². The summed E-state index contributed by atoms with van der Waals surface area (Å²) in [7, 11) is 0. The van der Waals surface area contributed by atoms with Gasteiger partial charge in [0.05, 0.1) is 0 Å². The van der Waals surface area contributed by atoms with E-state index in [0.29, 0.717) is 5.92 Å². The number of hydrogen-bond acceptors (Lipinski definition) is 2. The molecule has 1 heterocycles. The largest absolute Gasteiger partial charge is 0.342 e. The summed E-state index contributed by atoms with van der Waals surface area (Å²) >= 11 is 3.46. The first-order chi connectivity index (χ1) is 9.49. The van der Waals surface area contributed by atoms with Gasteiger partial charge in [-0.2, -0.15) is 0 Å². The molecular formula is C15H17BrN2O2. The first-order valence-corrected chi connectivity index (χ1v) is 7.68. The maximum absolute atomic E-state index is 12.7. The number of halogens is 1. The van der Waals surface area contributed by atoms with Crippen LogP contribution >= 0.6 is 15.9 Å². The van der Waals surface area contributed by atoms with Gasteiger partial charge in [0.15, 0.2) is 0 Å². The summed E-state index contributed by atoms with van der Waals surface area (Å²) in [6.45, 7) is 3.75. The van der Waals surface area contributed by atoms with Crippen LogP contribution in [0.15, 0.2) is 22.7 Å². The van der Waals surface area contributed by atoms with Crippen molar-refractivity contribution in [2.24, 2.45) is 5.92 Å². The van der Waals surface area contributed by atoms with E-state index >= 15 is 0 Å². The van der Waals surface area contributed by atoms with Crippen LogP contribution in [0.3, 0.4) is 0 Å². The van der Waals surface area contributed by atoms with Crippen LogP contribution in [0.5, 0.6) is 0 Å². The van der Waals surface area contributed by atoms with Crippen LogP contribution in [0.4, 0.5) is 5.69 Å². The lowest BCUT2D eigenvalue weighted by Crippen LogP contribution is -2.63. The third kappa shape index (κ3) is 2.24. The Morgan fingerprint density at radius 1 is 1.30 bits per heavy atom. The van der Waals surface area contributed by atoms with Crippen LogP contribution in [0, 0.1) is 12.8 Å². The second kappa shape index (κ2) is 4.88. The summed E-state index contributed by atoms with van der Waals surface area (Å²) in [4.78, 5) is 26.4. The van der Waals surface area contributed by atoms with Crippen molar-refractivity contribution in [1.29, 1.82) is 0 Å². The molecule has 2 amide bonds. The predicted molar refractivity (Wildman–Crippen MR) is 80.5 cm³/mol. The highest BCUT2D eigenvalue weighted by Crippen LogP contribution is 2.36. The Bertz CT molecular complexity index is 583. The molecule has 106 valence electrons. The number of nitrogens with one attached hydrogen (secondary N) is 1. The quantitative estimate of drug-likeness (QED) is 0.901. The van der Waals surface area contributed by atoms with Crippen LogP contribution in [0.1, 0.15) is 25.3 Å². The van der Waals surface area contributed by atoms with Crippen LogP contribution in [0.2, 0.25) is 0 Å². The van der Waals surface area contributed by atoms with Gasteiger partial charge in [0.1, 0.15) is 12.1 Å². The Morgan fingerprint density at radius 3 is 2.60 bits per heavy atom. The van der Waals surface area contributed by atoms with Gasteiger partial charge in [0, 0.05) is 10.2 Å². The second-order valence-corrected chi connectivity index (χ2v) is 6.50. The van der Waals surface area contributed by atoms with Crippen molar-refractivity contribution in [3.8, 4) is 0 Å². The van der Waals surface area contributed by atoms with Crippen LogP contribution in [0.25, 0.3) is 0 Å². The van der Waals surface area contributed by atoms with Gasteiger partial charge in [-0.3, -0.25) is 14.5 Å². The minimum Gasteiger partial charge on any atom is -0.342 e. The fourth-order valence-electron chi connectivity index (χ4n) is 2.67. The molecule has 2 aliphatic rings. The van der Waals surface area contributed by atoms with E-state index < -0.39 is 6.04 Å². The number of hydrogen-bond donors (Lipinski definition) is 1. The lowest BCUT2D eigenvalue weighted by atomic mass is 10.0. The van der Waals surface area contributed by atoms with Gasteiger partial charge in [-0.25, -0.2) is 0 Å². The number of nitrogens with zero attached hydrogens (tertiary/aromatic N) is 1. The number of carbonyl (C=O) groups is 2. The van der Waals surface area contributed by atoms with E-state index in [1.54, 1.807) is 11.8 Å². The van der Waals surface area contributed by atoms with Crippen molar-refractivity contribution >= 4 is 33.4 Å². The molecule has 2 fully saturated rings. The predicted octanol–water partition coefficient (Wildman–Crippen LogP) is 2.39. The van der Waals surface area contributed by atoms with E-state index in [0.717, 1.165) is 28.6 Å². The van der Waals surface area contributed by atoms with Gasteiger partial charge >= 0.3 is 0 Å². The van der Waals surface area contributed by atoms with Crippen molar-refractivity contribution < 1.29 is 9.59 Å². The summed E-state index contributed by atoms with van der Waals surface area (Å²) < 4.78 is 1.00. The normalized spacial score (nSPS) is 26.6. The topological polar surface area (TPSA) is 49.4 Å². The maximum atomic E-state index is 12.7. The first-order valence-electron chi connectivity index (χ1n) is 6.88. The van der Waals surface area contributed by atoms with Crippen molar-refractivity contribution in [2.75, 3.05) is 4.90 Å². The summed E-state index contributed by atoms with van der Waals surface area (Å²) in [5, 5.41) is 2.86. The Labute approximate surface area is 126 Å². The summed E-state index contributed by atoms with van der Waals surface area (Å²) in [6, 6.07) is 4.94. The molecule has 2 unspecified atom stereocenters. The number of rotatable bonds is 2. The zero-order valence-electron chi connectivity index (χ0n) is 11.5. The Morgan fingerprint density at radius 2 is 2.00 bits per heavy atom. The molecule has 0 bridgehead atoms. The van der Waals surface area contributed by atoms with Gasteiger partial charge < -0.3 is 5.32 Å². The summed E-state index contributed by atoms with van der Waals surface area (Å²) in [5.41, 5.74) is 1.85. The van der Waals surface area contributed by atoms with Crippen LogP contribution in [-0.4, -0.2) is 23.9 Å². The number of anilines is 1. The van der Waals surface area contributed by atoms with Gasteiger partial charge in [-0.05, 0) is 56.4 Å². The lowest BCUT2D eigenvalue weighted by Gasteiger charge is -2.37. The van der Waals surface area contributed by atoms with E-state index in [-0.39, 0.29) is 17.9 Å². The molecule has 1 aliphatic carbocycles. The first kappa shape index (κ1) is 13.6. The molecule has 1 aliphatic heterocycles. The van der Waals surface area contributed by atoms with E-state index in [1.165, 1.54) is 0 Å². The third-order valence-electron chi connectivity index (χ3n) is 4.08. The monoisotopic (exact) mass is 336 g/mol. The highest BCUT2D eigenvalue weighted by molar-refractivity contribution is 9.10. The number of carbonyl (C=O) groups excluding carboxylic acids is 2. The number of benzene rings is 1. The second-order valence-electron chi connectivity index (χ2n) is 5.64. The van der Waals surface area contributed by atoms with Crippen molar-refractivity contribution in [1.82, 2.24) is 5.32 Å². The molecule has 1 saturated carbocycles. The molecule has 0 spiro atoms. The molecule has 4 nitrogen and oxygen atoms in total. The Hall–Kier alpha value is -1.36. The minimum atomic E-state index is -0.460. The minimum absolute atomic E-state index is 0.0151. The lowest BCUT2D eigenvalue weighted by molar-refractivity contribution is -0.133. The fraction of sp³-hybridized carbons (Fsp3) is 0.467. The fourth-order valence-corrected chi connectivity index (χ4v) is 2.92. The molecule has 0 radical (unpaired) electrons. The zero-order chi connectivity index (χ0) is 14.4. The molecule has 1 N–H and O–H groups in total. The molecular weight excluding hydrogens is 320 g/mol. The van der Waals surface area contributed by atoms with Crippen molar-refractivity contribution in [3.63, 3.8) is 0 Å². The molecule has 20 heavy (non-hydrogen) atoms. The number of amides is 2. The average Bonchev–Trinajstić information content (AvgIpc) is 3.22. The summed E-state index contributed by atoms with van der Waals surface area (Å²) in [5.74, 6) is 0.265. The highest BCUT2D eigenvalue weighted by Gasteiger charge is 2.45. The van der Waals surface area contributed by atoms with Gasteiger partial charge in [0.25, 0.3) is 5.91 Å². The SMILES string of the molecule is Cc1cc(N2C(=O)C(C3CC3)NC(=O)C2C)ccc1Br. The van der Waals surface area contributed by atoms with Crippen molar-refractivity contribution in [3.05, 3.63) is 28.2 Å². The molecule has 1 aromatic carbocycles. The van der Waals surface area contributed by atoms with Crippen molar-refractivity contribution in [2.45, 2.75) is 38.8 Å². The molecule has 2 atom stereocenters. The third-order valence-corrected chi connectivity index (χ3v) is 4.97. The Kier molecular flexibility index (Phi) is 3.32. The number of piperazine rings is 1. The molecule has 0 aromatic heterocycles. The molecule has 5 heteroatoms. The van der Waals surface area contributed by atoms with E-state index in [4.69, 9.17) is 0 Å². The molecule has 1 saturated heterocycles. The molecule has 1 aromatic rings. The van der Waals surface area contributed by atoms with Crippen LogP contribution in [-0.2, 0) is 9.59 Å². The smallest absolute Gasteiger partial charge is 0.250 e. The van der Waals surface area contributed by atoms with Gasteiger partial charge in [0.2, 0.25) is 5.91 Å².